The second kappa shape index (κ2) is 6.90. The average molecular weight is 280 g/mol. The van der Waals surface area contributed by atoms with Crippen LogP contribution in [0.25, 0.3) is 0 Å². The van der Waals surface area contributed by atoms with Gasteiger partial charge in [-0.3, -0.25) is 9.69 Å². The predicted octanol–water partition coefficient (Wildman–Crippen LogP) is 1.74. The lowest BCUT2D eigenvalue weighted by Crippen LogP contribution is -2.40. The summed E-state index contributed by atoms with van der Waals surface area (Å²) in [6, 6.07) is 1.94. The van der Waals surface area contributed by atoms with Crippen molar-refractivity contribution in [2.75, 3.05) is 32.8 Å². The number of hydrogen-bond acceptors (Lipinski definition) is 4. The van der Waals surface area contributed by atoms with Gasteiger partial charge in [-0.1, -0.05) is 0 Å². The summed E-state index contributed by atoms with van der Waals surface area (Å²) in [5.41, 5.74) is 0.640. The van der Waals surface area contributed by atoms with E-state index in [1.165, 1.54) is 0 Å². The number of carbonyl (C=O) groups is 1. The lowest BCUT2D eigenvalue weighted by molar-refractivity contribution is 0.0363. The Balaban J connectivity index is 1.77. The molecule has 0 spiro atoms. The van der Waals surface area contributed by atoms with Crippen LogP contribution < -0.4 is 5.32 Å². The van der Waals surface area contributed by atoms with E-state index in [9.17, 15) is 4.79 Å². The first-order valence-corrected chi connectivity index (χ1v) is 7.24. The van der Waals surface area contributed by atoms with E-state index in [4.69, 9.17) is 9.15 Å². The molecule has 0 aromatic carbocycles. The molecule has 0 saturated carbocycles. The van der Waals surface area contributed by atoms with Crippen molar-refractivity contribution >= 4 is 5.91 Å². The van der Waals surface area contributed by atoms with Crippen molar-refractivity contribution in [3.05, 3.63) is 23.2 Å². The maximum Gasteiger partial charge on any atom is 0.255 e. The Bertz CT molecular complexity index is 450. The quantitative estimate of drug-likeness (QED) is 0.892. The third-order valence-corrected chi connectivity index (χ3v) is 3.65. The van der Waals surface area contributed by atoms with Crippen molar-refractivity contribution < 1.29 is 13.9 Å². The van der Waals surface area contributed by atoms with E-state index in [-0.39, 0.29) is 11.9 Å². The SMILES string of the molecule is Cc1cc(C(=O)NC(C)CCN2CCOCC2)c(C)o1. The summed E-state index contributed by atoms with van der Waals surface area (Å²) in [4.78, 5) is 14.5. The van der Waals surface area contributed by atoms with Crippen LogP contribution in [0.15, 0.2) is 10.5 Å². The Kier molecular flexibility index (Phi) is 5.20. The molecule has 0 bridgehead atoms. The molecule has 1 aromatic rings. The zero-order valence-electron chi connectivity index (χ0n) is 12.6. The van der Waals surface area contributed by atoms with Gasteiger partial charge in [0.15, 0.2) is 0 Å². The van der Waals surface area contributed by atoms with Crippen LogP contribution in [-0.4, -0.2) is 49.7 Å². The predicted molar refractivity (Wildman–Crippen MR) is 77.0 cm³/mol. The Labute approximate surface area is 120 Å². The van der Waals surface area contributed by atoms with Gasteiger partial charge in [-0.15, -0.1) is 0 Å². The topological polar surface area (TPSA) is 54.7 Å². The van der Waals surface area contributed by atoms with E-state index in [0.717, 1.165) is 45.0 Å². The highest BCUT2D eigenvalue weighted by Crippen LogP contribution is 2.13. The van der Waals surface area contributed by atoms with Crippen LogP contribution in [-0.2, 0) is 4.74 Å². The summed E-state index contributed by atoms with van der Waals surface area (Å²) in [6.07, 6.45) is 0.946. The number of ether oxygens (including phenoxy) is 1. The Morgan fingerprint density at radius 2 is 2.10 bits per heavy atom. The summed E-state index contributed by atoms with van der Waals surface area (Å²) in [7, 11) is 0. The Morgan fingerprint density at radius 1 is 1.40 bits per heavy atom. The minimum atomic E-state index is -0.0474. The number of carbonyl (C=O) groups excluding carboxylic acids is 1. The zero-order chi connectivity index (χ0) is 14.5. The molecule has 20 heavy (non-hydrogen) atoms. The largest absolute Gasteiger partial charge is 0.466 e. The second-order valence-corrected chi connectivity index (χ2v) is 5.44. The van der Waals surface area contributed by atoms with Gasteiger partial charge in [0, 0.05) is 25.7 Å². The smallest absolute Gasteiger partial charge is 0.255 e. The number of aryl methyl sites for hydroxylation is 2. The van der Waals surface area contributed by atoms with Crippen LogP contribution in [0.2, 0.25) is 0 Å². The van der Waals surface area contributed by atoms with Crippen LogP contribution in [0.1, 0.15) is 35.2 Å². The lowest BCUT2D eigenvalue weighted by atomic mass is 10.2. The number of morpholine rings is 1. The maximum absolute atomic E-state index is 12.1. The summed E-state index contributed by atoms with van der Waals surface area (Å²) < 4.78 is 10.7. The summed E-state index contributed by atoms with van der Waals surface area (Å²) in [6.45, 7) is 10.3. The molecule has 1 saturated heterocycles. The first kappa shape index (κ1) is 15.1. The molecule has 1 unspecified atom stereocenters. The molecule has 2 heterocycles. The summed E-state index contributed by atoms with van der Waals surface area (Å²) >= 11 is 0. The fraction of sp³-hybridized carbons (Fsp3) is 0.667. The van der Waals surface area contributed by atoms with Crippen LogP contribution >= 0.6 is 0 Å². The van der Waals surface area contributed by atoms with Gasteiger partial charge < -0.3 is 14.5 Å². The fourth-order valence-electron chi connectivity index (χ4n) is 2.43. The molecule has 2 rings (SSSR count). The van der Waals surface area contributed by atoms with Crippen molar-refractivity contribution in [3.63, 3.8) is 0 Å². The molecule has 1 aromatic heterocycles. The van der Waals surface area contributed by atoms with Crippen molar-refractivity contribution in [1.29, 1.82) is 0 Å². The number of nitrogens with one attached hydrogen (secondary N) is 1. The molecule has 1 amide bonds. The van der Waals surface area contributed by atoms with Crippen LogP contribution in [0.5, 0.6) is 0 Å². The van der Waals surface area contributed by atoms with E-state index in [1.54, 1.807) is 6.07 Å². The third-order valence-electron chi connectivity index (χ3n) is 3.65. The molecule has 112 valence electrons. The van der Waals surface area contributed by atoms with Gasteiger partial charge in [0.05, 0.1) is 18.8 Å². The number of furan rings is 1. The molecule has 1 fully saturated rings. The van der Waals surface area contributed by atoms with Gasteiger partial charge >= 0.3 is 0 Å². The third kappa shape index (κ3) is 4.08. The minimum Gasteiger partial charge on any atom is -0.466 e. The van der Waals surface area contributed by atoms with Crippen molar-refractivity contribution in [2.24, 2.45) is 0 Å². The molecule has 1 N–H and O–H groups in total. The van der Waals surface area contributed by atoms with Gasteiger partial charge in [-0.25, -0.2) is 0 Å². The molecule has 5 nitrogen and oxygen atoms in total. The van der Waals surface area contributed by atoms with Crippen molar-refractivity contribution in [3.8, 4) is 0 Å². The minimum absolute atomic E-state index is 0.0474. The van der Waals surface area contributed by atoms with Crippen LogP contribution in [0.3, 0.4) is 0 Å². The average Bonchev–Trinajstić information content (AvgIpc) is 2.77. The fourth-order valence-corrected chi connectivity index (χ4v) is 2.43. The molecule has 0 aliphatic carbocycles. The maximum atomic E-state index is 12.1. The number of hydrogen-bond donors (Lipinski definition) is 1. The first-order valence-electron chi connectivity index (χ1n) is 7.24. The van der Waals surface area contributed by atoms with E-state index in [2.05, 4.69) is 10.2 Å². The molecular weight excluding hydrogens is 256 g/mol. The van der Waals surface area contributed by atoms with Crippen molar-refractivity contribution in [1.82, 2.24) is 10.2 Å². The van der Waals surface area contributed by atoms with E-state index >= 15 is 0 Å². The Hall–Kier alpha value is -1.33. The van der Waals surface area contributed by atoms with E-state index < -0.39 is 0 Å². The first-order chi connectivity index (χ1) is 9.56. The van der Waals surface area contributed by atoms with Crippen LogP contribution in [0, 0.1) is 13.8 Å². The Morgan fingerprint density at radius 3 is 2.70 bits per heavy atom. The molecule has 1 aliphatic heterocycles. The monoisotopic (exact) mass is 280 g/mol. The highest BCUT2D eigenvalue weighted by atomic mass is 16.5. The highest BCUT2D eigenvalue weighted by Gasteiger charge is 2.17. The normalized spacial score (nSPS) is 17.9. The highest BCUT2D eigenvalue weighted by molar-refractivity contribution is 5.95. The van der Waals surface area contributed by atoms with Gasteiger partial charge in [0.25, 0.3) is 5.91 Å². The van der Waals surface area contributed by atoms with Gasteiger partial charge in [-0.2, -0.15) is 0 Å². The second-order valence-electron chi connectivity index (χ2n) is 5.44. The molecule has 0 radical (unpaired) electrons. The zero-order valence-corrected chi connectivity index (χ0v) is 12.6. The summed E-state index contributed by atoms with van der Waals surface area (Å²) in [5.74, 6) is 1.41. The van der Waals surface area contributed by atoms with Crippen molar-refractivity contribution in [2.45, 2.75) is 33.2 Å². The number of rotatable bonds is 5. The van der Waals surface area contributed by atoms with Gasteiger partial charge in [0.2, 0.25) is 0 Å². The number of nitrogens with zero attached hydrogens (tertiary/aromatic N) is 1. The van der Waals surface area contributed by atoms with Gasteiger partial charge in [0.1, 0.15) is 11.5 Å². The number of amides is 1. The molecular formula is C15H24N2O3. The molecule has 1 aliphatic rings. The van der Waals surface area contributed by atoms with E-state index in [1.807, 2.05) is 20.8 Å². The molecule has 1 atom stereocenters. The van der Waals surface area contributed by atoms with E-state index in [0.29, 0.717) is 11.3 Å². The lowest BCUT2D eigenvalue weighted by Gasteiger charge is -2.27. The van der Waals surface area contributed by atoms with Crippen LogP contribution in [0.4, 0.5) is 0 Å². The van der Waals surface area contributed by atoms with Gasteiger partial charge in [-0.05, 0) is 33.3 Å². The summed E-state index contributed by atoms with van der Waals surface area (Å²) in [5, 5.41) is 3.03. The molecule has 5 heteroatoms. The standard InChI is InChI=1S/C15H24N2O3/c1-11(4-5-17-6-8-19-9-7-17)16-15(18)14-10-12(2)20-13(14)3/h10-11H,4-9H2,1-3H3,(H,16,18).